The molecule has 21 heavy (non-hydrogen) atoms. The lowest BCUT2D eigenvalue weighted by Gasteiger charge is -2.02. The van der Waals surface area contributed by atoms with Crippen LogP contribution in [-0.4, -0.2) is 25.1 Å². The molecule has 0 fully saturated rings. The first-order chi connectivity index (χ1) is 10.3. The molecular weight excluding hydrogens is 284 g/mol. The Hall–Kier alpha value is -2.05. The lowest BCUT2D eigenvalue weighted by molar-refractivity contribution is 0.275. The van der Waals surface area contributed by atoms with Gasteiger partial charge in [0, 0.05) is 10.9 Å². The van der Waals surface area contributed by atoms with Gasteiger partial charge in [0.1, 0.15) is 5.69 Å². The summed E-state index contributed by atoms with van der Waals surface area (Å²) in [5, 5.41) is 20.3. The largest absolute Gasteiger partial charge is 0.390 e. The fourth-order valence-corrected chi connectivity index (χ4v) is 3.00. The van der Waals surface area contributed by atoms with Crippen LogP contribution in [0.2, 0.25) is 0 Å². The van der Waals surface area contributed by atoms with E-state index in [2.05, 4.69) is 22.2 Å². The van der Waals surface area contributed by atoms with Crippen molar-refractivity contribution < 1.29 is 5.11 Å². The minimum Gasteiger partial charge on any atom is -0.390 e. The molecule has 0 amide bonds. The number of thiazole rings is 1. The van der Waals surface area contributed by atoms with Crippen molar-refractivity contribution in [2.24, 2.45) is 0 Å². The van der Waals surface area contributed by atoms with Gasteiger partial charge in [-0.1, -0.05) is 48.9 Å². The van der Waals surface area contributed by atoms with Crippen LogP contribution < -0.4 is 0 Å². The van der Waals surface area contributed by atoms with E-state index in [9.17, 15) is 5.11 Å². The maximum atomic E-state index is 9.36. The normalized spacial score (nSPS) is 11.0. The van der Waals surface area contributed by atoms with Crippen LogP contribution >= 0.6 is 11.3 Å². The number of nitrogens with zero attached hydrogens (tertiary/aromatic N) is 4. The smallest absolute Gasteiger partial charge is 0.212 e. The van der Waals surface area contributed by atoms with Crippen molar-refractivity contribution in [3.63, 3.8) is 0 Å². The van der Waals surface area contributed by atoms with Gasteiger partial charge in [0.2, 0.25) is 5.13 Å². The van der Waals surface area contributed by atoms with E-state index in [1.165, 1.54) is 11.3 Å². The Morgan fingerprint density at radius 3 is 2.76 bits per heavy atom. The highest BCUT2D eigenvalue weighted by molar-refractivity contribution is 7.12. The summed E-state index contributed by atoms with van der Waals surface area (Å²) in [6.45, 7) is 2.00. The SMILES string of the molecule is CCCc1c(CO)nnn1-c1nc(-c2ccccc2)cs1. The molecule has 108 valence electrons. The molecule has 3 rings (SSSR count). The topological polar surface area (TPSA) is 63.8 Å². The van der Waals surface area contributed by atoms with Gasteiger partial charge >= 0.3 is 0 Å². The third-order valence-corrected chi connectivity index (χ3v) is 4.04. The van der Waals surface area contributed by atoms with Gasteiger partial charge in [0.25, 0.3) is 0 Å². The van der Waals surface area contributed by atoms with Gasteiger partial charge < -0.3 is 5.11 Å². The van der Waals surface area contributed by atoms with E-state index in [4.69, 9.17) is 0 Å². The van der Waals surface area contributed by atoms with Crippen molar-refractivity contribution in [1.82, 2.24) is 20.0 Å². The summed E-state index contributed by atoms with van der Waals surface area (Å²) < 4.78 is 1.74. The van der Waals surface area contributed by atoms with Crippen molar-refractivity contribution in [3.05, 3.63) is 47.1 Å². The average Bonchev–Trinajstić information content (AvgIpc) is 3.15. The summed E-state index contributed by atoms with van der Waals surface area (Å²) in [7, 11) is 0. The van der Waals surface area contributed by atoms with Gasteiger partial charge in [-0.3, -0.25) is 0 Å². The third-order valence-electron chi connectivity index (χ3n) is 3.22. The minimum atomic E-state index is -0.0910. The predicted molar refractivity (Wildman–Crippen MR) is 82.4 cm³/mol. The number of hydrogen-bond acceptors (Lipinski definition) is 5. The summed E-state index contributed by atoms with van der Waals surface area (Å²) in [4.78, 5) is 4.64. The number of rotatable bonds is 5. The molecule has 2 aromatic heterocycles. The molecule has 0 unspecified atom stereocenters. The lowest BCUT2D eigenvalue weighted by atomic mass is 10.2. The number of hydrogen-bond donors (Lipinski definition) is 1. The van der Waals surface area contributed by atoms with Crippen LogP contribution in [0.15, 0.2) is 35.7 Å². The second-order valence-electron chi connectivity index (χ2n) is 4.68. The summed E-state index contributed by atoms with van der Waals surface area (Å²) >= 11 is 1.53. The Morgan fingerprint density at radius 1 is 1.24 bits per heavy atom. The first kappa shape index (κ1) is 13.9. The van der Waals surface area contributed by atoms with Crippen molar-refractivity contribution in [1.29, 1.82) is 0 Å². The standard InChI is InChI=1S/C15H16N4OS/c1-2-6-14-12(9-20)17-18-19(14)15-16-13(10-21-15)11-7-4-3-5-8-11/h3-5,7-8,10,20H,2,6,9H2,1H3. The number of aliphatic hydroxyl groups is 1. The zero-order chi connectivity index (χ0) is 14.7. The van der Waals surface area contributed by atoms with E-state index in [1.54, 1.807) is 4.68 Å². The molecule has 5 nitrogen and oxygen atoms in total. The van der Waals surface area contributed by atoms with Gasteiger partial charge in [-0.2, -0.15) is 4.68 Å². The van der Waals surface area contributed by atoms with Crippen LogP contribution in [0.25, 0.3) is 16.4 Å². The van der Waals surface area contributed by atoms with Crippen LogP contribution in [0.3, 0.4) is 0 Å². The second kappa shape index (κ2) is 6.15. The van der Waals surface area contributed by atoms with Gasteiger partial charge in [0.15, 0.2) is 0 Å². The molecule has 1 aromatic carbocycles. The van der Waals surface area contributed by atoms with Crippen molar-refractivity contribution in [2.75, 3.05) is 0 Å². The highest BCUT2D eigenvalue weighted by atomic mass is 32.1. The number of aliphatic hydroxyl groups excluding tert-OH is 1. The lowest BCUT2D eigenvalue weighted by Crippen LogP contribution is -2.03. The summed E-state index contributed by atoms with van der Waals surface area (Å²) in [6.07, 6.45) is 1.79. The molecular formula is C15H16N4OS. The van der Waals surface area contributed by atoms with E-state index in [-0.39, 0.29) is 6.61 Å². The first-order valence-electron chi connectivity index (χ1n) is 6.89. The second-order valence-corrected chi connectivity index (χ2v) is 5.52. The molecule has 0 saturated carbocycles. The summed E-state index contributed by atoms with van der Waals surface area (Å²) in [5.41, 5.74) is 3.58. The van der Waals surface area contributed by atoms with Crippen LogP contribution in [0, 0.1) is 0 Å². The summed E-state index contributed by atoms with van der Waals surface area (Å²) in [6, 6.07) is 10.0. The molecule has 1 N–H and O–H groups in total. The number of aromatic nitrogens is 4. The van der Waals surface area contributed by atoms with Crippen molar-refractivity contribution in [2.45, 2.75) is 26.4 Å². The van der Waals surface area contributed by atoms with Gasteiger partial charge in [-0.05, 0) is 6.42 Å². The quantitative estimate of drug-likeness (QED) is 0.787. The van der Waals surface area contributed by atoms with Gasteiger partial charge in [-0.15, -0.1) is 16.4 Å². The van der Waals surface area contributed by atoms with Crippen molar-refractivity contribution >= 4 is 11.3 Å². The molecule has 0 spiro atoms. The molecule has 0 aliphatic heterocycles. The monoisotopic (exact) mass is 300 g/mol. The Bertz CT molecular complexity index is 720. The highest BCUT2D eigenvalue weighted by Crippen LogP contribution is 2.25. The Labute approximate surface area is 126 Å². The summed E-state index contributed by atoms with van der Waals surface area (Å²) in [5.74, 6) is 0. The van der Waals surface area contributed by atoms with E-state index in [1.807, 2.05) is 35.7 Å². The third kappa shape index (κ3) is 2.72. The Kier molecular flexibility index (Phi) is 4.08. The van der Waals surface area contributed by atoms with Crippen LogP contribution in [0.5, 0.6) is 0 Å². The predicted octanol–water partition coefficient (Wildman–Crippen LogP) is 2.84. The van der Waals surface area contributed by atoms with Gasteiger partial charge in [-0.25, -0.2) is 4.98 Å². The molecule has 3 aromatic rings. The molecule has 0 aliphatic rings. The molecule has 2 heterocycles. The molecule has 0 atom stereocenters. The van der Waals surface area contributed by atoms with Crippen LogP contribution in [-0.2, 0) is 13.0 Å². The fourth-order valence-electron chi connectivity index (χ4n) is 2.20. The minimum absolute atomic E-state index is 0.0910. The molecule has 0 aliphatic carbocycles. The average molecular weight is 300 g/mol. The van der Waals surface area contributed by atoms with Crippen LogP contribution in [0.1, 0.15) is 24.7 Å². The maximum absolute atomic E-state index is 9.36. The van der Waals surface area contributed by atoms with E-state index >= 15 is 0 Å². The zero-order valence-corrected chi connectivity index (χ0v) is 12.5. The molecule has 0 saturated heterocycles. The number of benzene rings is 1. The van der Waals surface area contributed by atoms with Crippen molar-refractivity contribution in [3.8, 4) is 16.4 Å². The zero-order valence-electron chi connectivity index (χ0n) is 11.7. The van der Waals surface area contributed by atoms with Gasteiger partial charge in [0.05, 0.1) is 18.0 Å². The maximum Gasteiger partial charge on any atom is 0.212 e. The molecule has 6 heteroatoms. The van der Waals surface area contributed by atoms with E-state index < -0.39 is 0 Å². The Morgan fingerprint density at radius 2 is 2.05 bits per heavy atom. The molecule has 0 radical (unpaired) electrons. The fraction of sp³-hybridized carbons (Fsp3) is 0.267. The highest BCUT2D eigenvalue weighted by Gasteiger charge is 2.15. The molecule has 0 bridgehead atoms. The van der Waals surface area contributed by atoms with E-state index in [0.29, 0.717) is 5.69 Å². The van der Waals surface area contributed by atoms with Crippen LogP contribution in [0.4, 0.5) is 0 Å². The Balaban J connectivity index is 1.99. The first-order valence-corrected chi connectivity index (χ1v) is 7.77. The van der Waals surface area contributed by atoms with E-state index in [0.717, 1.165) is 34.9 Å².